The third-order valence-electron chi connectivity index (χ3n) is 6.97. The molecule has 1 atom stereocenters. The van der Waals surface area contributed by atoms with E-state index in [1.165, 1.54) is 5.57 Å². The summed E-state index contributed by atoms with van der Waals surface area (Å²) in [6.07, 6.45) is 16.8. The number of carbonyl (C=O) groups is 1. The SMILES string of the molecule is C.O=C1C=CC2=C(c3ccc(O[C@H]4CCN(CCCF)C4)cc3)C(=C3C=CN(O)C=C3)CCCC2=C1. The van der Waals surface area contributed by atoms with E-state index in [-0.39, 0.29) is 26.0 Å². The van der Waals surface area contributed by atoms with Gasteiger partial charge < -0.3 is 4.74 Å². The molecule has 2 aliphatic carbocycles. The molecule has 0 amide bonds. The number of likely N-dealkylation sites (tertiary alicyclic amines) is 1. The number of nitrogens with zero attached hydrogens (tertiary/aromatic N) is 2. The topological polar surface area (TPSA) is 53.0 Å². The van der Waals surface area contributed by atoms with E-state index in [2.05, 4.69) is 17.0 Å². The third-order valence-corrected chi connectivity index (χ3v) is 6.97. The molecule has 0 aromatic heterocycles. The van der Waals surface area contributed by atoms with Crippen LogP contribution in [0.3, 0.4) is 0 Å². The van der Waals surface area contributed by atoms with Crippen LogP contribution >= 0.6 is 0 Å². The van der Waals surface area contributed by atoms with Crippen molar-refractivity contribution in [2.75, 3.05) is 26.3 Å². The van der Waals surface area contributed by atoms with Crippen LogP contribution in [0.15, 0.2) is 89.3 Å². The second kappa shape index (κ2) is 11.7. The molecule has 0 radical (unpaired) electrons. The molecule has 1 fully saturated rings. The number of hydrogen-bond donors (Lipinski definition) is 1. The maximum atomic E-state index is 12.5. The van der Waals surface area contributed by atoms with Gasteiger partial charge in [-0.2, -0.15) is 0 Å². The molecule has 4 aliphatic rings. The second-order valence-corrected chi connectivity index (χ2v) is 9.39. The number of alkyl halides is 1. The highest BCUT2D eigenvalue weighted by molar-refractivity contribution is 6.04. The summed E-state index contributed by atoms with van der Waals surface area (Å²) in [5.41, 5.74) is 6.63. The maximum Gasteiger partial charge on any atom is 0.178 e. The zero-order valence-electron chi connectivity index (χ0n) is 19.8. The number of hydroxylamine groups is 2. The van der Waals surface area contributed by atoms with Gasteiger partial charge in [0, 0.05) is 32.0 Å². The summed E-state index contributed by atoms with van der Waals surface area (Å²) in [5.74, 6) is 0.867. The van der Waals surface area contributed by atoms with Gasteiger partial charge in [-0.25, -0.2) is 5.06 Å². The molecule has 0 bridgehead atoms. The molecule has 6 heteroatoms. The van der Waals surface area contributed by atoms with Crippen LogP contribution in [0.25, 0.3) is 5.57 Å². The van der Waals surface area contributed by atoms with E-state index < -0.39 is 0 Å². The van der Waals surface area contributed by atoms with E-state index in [1.807, 2.05) is 30.4 Å². The average molecular weight is 491 g/mol. The highest BCUT2D eigenvalue weighted by Gasteiger charge is 2.25. The van der Waals surface area contributed by atoms with Gasteiger partial charge in [0.05, 0.1) is 6.67 Å². The molecule has 1 N–H and O–H groups in total. The van der Waals surface area contributed by atoms with E-state index in [9.17, 15) is 14.4 Å². The summed E-state index contributed by atoms with van der Waals surface area (Å²) >= 11 is 0. The van der Waals surface area contributed by atoms with E-state index in [0.29, 0.717) is 6.42 Å². The highest BCUT2D eigenvalue weighted by atomic mass is 19.1. The molecule has 0 saturated carbocycles. The number of ketones is 1. The molecular formula is C30H35FN2O3. The predicted octanol–water partition coefficient (Wildman–Crippen LogP) is 6.17. The molecule has 190 valence electrons. The minimum atomic E-state index is -0.274. The first kappa shape index (κ1) is 25.9. The van der Waals surface area contributed by atoms with Gasteiger partial charge >= 0.3 is 0 Å². The minimum absolute atomic E-state index is 0. The summed E-state index contributed by atoms with van der Waals surface area (Å²) in [5, 5.41) is 10.8. The van der Waals surface area contributed by atoms with Gasteiger partial charge in [-0.1, -0.05) is 25.6 Å². The van der Waals surface area contributed by atoms with Gasteiger partial charge in [0.15, 0.2) is 5.78 Å². The lowest BCUT2D eigenvalue weighted by molar-refractivity contribution is -0.110. The molecular weight excluding hydrogens is 455 g/mol. The first-order valence-electron chi connectivity index (χ1n) is 12.4. The molecule has 1 saturated heterocycles. The fourth-order valence-electron chi connectivity index (χ4n) is 5.27. The maximum absolute atomic E-state index is 12.5. The summed E-state index contributed by atoms with van der Waals surface area (Å²) < 4.78 is 18.7. The quantitative estimate of drug-likeness (QED) is 0.517. The van der Waals surface area contributed by atoms with Crippen LogP contribution in [0, 0.1) is 0 Å². The number of ether oxygens (including phenoxy) is 1. The first-order chi connectivity index (χ1) is 17.1. The number of fused-ring (bicyclic) bond motifs is 1. The van der Waals surface area contributed by atoms with Crippen LogP contribution in [-0.4, -0.2) is 53.4 Å². The van der Waals surface area contributed by atoms with Crippen molar-refractivity contribution >= 4 is 11.4 Å². The van der Waals surface area contributed by atoms with Gasteiger partial charge in [0.25, 0.3) is 0 Å². The fraction of sp³-hybridized carbons (Fsp3) is 0.367. The van der Waals surface area contributed by atoms with Crippen molar-refractivity contribution in [2.45, 2.75) is 45.6 Å². The molecule has 0 spiro atoms. The lowest BCUT2D eigenvalue weighted by atomic mass is 9.85. The van der Waals surface area contributed by atoms with Crippen LogP contribution in [0.2, 0.25) is 0 Å². The largest absolute Gasteiger partial charge is 0.489 e. The Morgan fingerprint density at radius 3 is 2.58 bits per heavy atom. The van der Waals surface area contributed by atoms with Crippen molar-refractivity contribution < 1.29 is 19.1 Å². The summed E-state index contributed by atoms with van der Waals surface area (Å²) in [4.78, 5) is 14.4. The minimum Gasteiger partial charge on any atom is -0.489 e. The van der Waals surface area contributed by atoms with Crippen molar-refractivity contribution in [3.05, 3.63) is 94.9 Å². The average Bonchev–Trinajstić information content (AvgIpc) is 3.22. The van der Waals surface area contributed by atoms with Gasteiger partial charge in [0.1, 0.15) is 11.9 Å². The van der Waals surface area contributed by atoms with Crippen LogP contribution in [0.1, 0.15) is 45.1 Å². The Hall–Kier alpha value is -3.22. The summed E-state index contributed by atoms with van der Waals surface area (Å²) in [7, 11) is 0. The van der Waals surface area contributed by atoms with E-state index in [1.54, 1.807) is 24.6 Å². The zero-order valence-corrected chi connectivity index (χ0v) is 19.8. The van der Waals surface area contributed by atoms with Crippen molar-refractivity contribution in [3.8, 4) is 5.75 Å². The van der Waals surface area contributed by atoms with Crippen LogP contribution < -0.4 is 4.74 Å². The Kier molecular flexibility index (Phi) is 8.39. The molecule has 36 heavy (non-hydrogen) atoms. The molecule has 5 nitrogen and oxygen atoms in total. The first-order valence-corrected chi connectivity index (χ1v) is 12.4. The standard InChI is InChI=1S/C29H31FN2O3.CH4/c30-14-2-15-31-16-13-26(20-31)35-25-8-5-22(6-9-25)29-27(21-11-17-32(34)18-12-21)4-1-3-23-19-24(33)7-10-28(23)29;/h5-12,17-19,26,34H,1-4,13-16,20H2;1H4/t26-;/m0./s1. The van der Waals surface area contributed by atoms with Crippen molar-refractivity contribution in [3.63, 3.8) is 0 Å². The third kappa shape index (κ3) is 5.77. The lowest BCUT2D eigenvalue weighted by Crippen LogP contribution is -2.26. The van der Waals surface area contributed by atoms with Gasteiger partial charge in [0.2, 0.25) is 0 Å². The van der Waals surface area contributed by atoms with Crippen molar-refractivity contribution in [1.82, 2.24) is 9.96 Å². The van der Waals surface area contributed by atoms with Crippen LogP contribution in [0.5, 0.6) is 5.75 Å². The zero-order chi connectivity index (χ0) is 24.2. The van der Waals surface area contributed by atoms with Gasteiger partial charge in [-0.3, -0.25) is 19.3 Å². The van der Waals surface area contributed by atoms with Crippen molar-refractivity contribution in [1.29, 1.82) is 0 Å². The number of halogens is 1. The fourth-order valence-corrected chi connectivity index (χ4v) is 5.27. The summed E-state index contributed by atoms with van der Waals surface area (Å²) in [6, 6.07) is 8.22. The monoisotopic (exact) mass is 490 g/mol. The number of rotatable bonds is 6. The van der Waals surface area contributed by atoms with E-state index in [0.717, 1.165) is 84.0 Å². The number of allylic oxidation sites excluding steroid dienone is 10. The molecule has 5 rings (SSSR count). The van der Waals surface area contributed by atoms with E-state index in [4.69, 9.17) is 4.74 Å². The van der Waals surface area contributed by atoms with Crippen molar-refractivity contribution in [2.24, 2.45) is 0 Å². The predicted molar refractivity (Wildman–Crippen MR) is 141 cm³/mol. The Bertz CT molecular complexity index is 1140. The molecule has 1 aromatic carbocycles. The highest BCUT2D eigenvalue weighted by Crippen LogP contribution is 2.42. The Morgan fingerprint density at radius 2 is 1.83 bits per heavy atom. The van der Waals surface area contributed by atoms with E-state index >= 15 is 0 Å². The second-order valence-electron chi connectivity index (χ2n) is 9.39. The number of benzene rings is 1. The Morgan fingerprint density at radius 1 is 1.06 bits per heavy atom. The molecule has 2 aliphatic heterocycles. The Labute approximate surface area is 213 Å². The molecule has 1 aromatic rings. The Balaban J connectivity index is 0.00000304. The number of hydrogen-bond acceptors (Lipinski definition) is 5. The molecule has 0 unspecified atom stereocenters. The van der Waals surface area contributed by atoms with Gasteiger partial charge in [-0.15, -0.1) is 0 Å². The smallest absolute Gasteiger partial charge is 0.178 e. The normalized spacial score (nSPS) is 21.9. The van der Waals surface area contributed by atoms with Gasteiger partial charge in [-0.05, 0) is 102 Å². The number of carbonyl (C=O) groups excluding carboxylic acids is 1. The molecule has 2 heterocycles. The summed E-state index contributed by atoms with van der Waals surface area (Å²) in [6.45, 7) is 2.29. The lowest BCUT2D eigenvalue weighted by Gasteiger charge is -2.21. The van der Waals surface area contributed by atoms with Crippen LogP contribution in [-0.2, 0) is 4.79 Å². The van der Waals surface area contributed by atoms with Crippen LogP contribution in [0.4, 0.5) is 4.39 Å².